The van der Waals surface area contributed by atoms with Crippen molar-refractivity contribution in [1.29, 1.82) is 0 Å². The van der Waals surface area contributed by atoms with E-state index in [0.29, 0.717) is 13.0 Å². The van der Waals surface area contributed by atoms with Crippen LogP contribution in [0.3, 0.4) is 0 Å². The van der Waals surface area contributed by atoms with E-state index in [0.717, 1.165) is 23.5 Å². The summed E-state index contributed by atoms with van der Waals surface area (Å²) in [6.45, 7) is 2.71. The molecule has 1 unspecified atom stereocenters. The highest BCUT2D eigenvalue weighted by Crippen LogP contribution is 2.20. The maximum atomic E-state index is 11.8. The average molecular weight is 323 g/mol. The van der Waals surface area contributed by atoms with Crippen LogP contribution >= 0.6 is 12.4 Å². The molecule has 0 radical (unpaired) electrons. The van der Waals surface area contributed by atoms with Crippen molar-refractivity contribution in [2.45, 2.75) is 25.8 Å². The van der Waals surface area contributed by atoms with Crippen LogP contribution in [0.25, 0.3) is 11.3 Å². The first-order chi connectivity index (χ1) is 10.2. The number of halogens is 1. The topological polar surface area (TPSA) is 69.8 Å². The molecule has 3 N–H and O–H groups in total. The molecule has 22 heavy (non-hydrogen) atoms. The Hall–Kier alpha value is -1.85. The Bertz CT molecular complexity index is 571. The highest BCUT2D eigenvalue weighted by molar-refractivity contribution is 5.85. The van der Waals surface area contributed by atoms with Gasteiger partial charge in [0.25, 0.3) is 0 Å². The second-order valence-corrected chi connectivity index (χ2v) is 4.93. The Labute approximate surface area is 137 Å². The van der Waals surface area contributed by atoms with Crippen molar-refractivity contribution in [3.05, 3.63) is 42.4 Å². The van der Waals surface area contributed by atoms with E-state index >= 15 is 0 Å². The van der Waals surface area contributed by atoms with Crippen molar-refractivity contribution in [3.8, 4) is 11.3 Å². The summed E-state index contributed by atoms with van der Waals surface area (Å²) < 4.78 is 0. The zero-order valence-corrected chi connectivity index (χ0v) is 13.7. The number of H-pyrrole nitrogens is 1. The first-order valence-corrected chi connectivity index (χ1v) is 7.29. The SMILES string of the molecule is CCC(NC(=O)CCNC)c1ncc(-c2ccccc2)[nH]1.Cl. The van der Waals surface area contributed by atoms with Crippen molar-refractivity contribution in [2.24, 2.45) is 0 Å². The number of rotatable bonds is 7. The standard InChI is InChI=1S/C16H22N4O.ClH/c1-3-13(19-15(21)9-10-17-2)16-18-11-14(20-16)12-7-5-4-6-8-12;/h4-8,11,13,17H,3,9-10H2,1-2H3,(H,18,20)(H,19,21);1H. The number of nitrogens with one attached hydrogen (secondary N) is 3. The van der Waals surface area contributed by atoms with Crippen LogP contribution < -0.4 is 10.6 Å². The normalized spacial score (nSPS) is 11.5. The fourth-order valence-corrected chi connectivity index (χ4v) is 2.15. The van der Waals surface area contributed by atoms with Crippen LogP contribution in [0.4, 0.5) is 0 Å². The smallest absolute Gasteiger partial charge is 0.221 e. The number of carbonyl (C=O) groups is 1. The number of aromatic nitrogens is 2. The van der Waals surface area contributed by atoms with E-state index < -0.39 is 0 Å². The Morgan fingerprint density at radius 1 is 1.32 bits per heavy atom. The van der Waals surface area contributed by atoms with Crippen LogP contribution in [0.1, 0.15) is 31.6 Å². The molecule has 1 atom stereocenters. The predicted molar refractivity (Wildman–Crippen MR) is 91.0 cm³/mol. The Morgan fingerprint density at radius 3 is 2.68 bits per heavy atom. The zero-order chi connectivity index (χ0) is 15.1. The molecule has 1 amide bonds. The summed E-state index contributed by atoms with van der Waals surface area (Å²) in [5.41, 5.74) is 2.06. The molecule has 0 fully saturated rings. The third kappa shape index (κ3) is 4.86. The van der Waals surface area contributed by atoms with Crippen molar-refractivity contribution < 1.29 is 4.79 Å². The quantitative estimate of drug-likeness (QED) is 0.734. The van der Waals surface area contributed by atoms with Gasteiger partial charge in [-0.1, -0.05) is 37.3 Å². The zero-order valence-electron chi connectivity index (χ0n) is 12.9. The summed E-state index contributed by atoms with van der Waals surface area (Å²) in [6.07, 6.45) is 3.08. The largest absolute Gasteiger partial charge is 0.346 e. The first-order valence-electron chi connectivity index (χ1n) is 7.29. The molecular formula is C16H23ClN4O. The average Bonchev–Trinajstić information content (AvgIpc) is 3.01. The third-order valence-electron chi connectivity index (χ3n) is 3.36. The summed E-state index contributed by atoms with van der Waals surface area (Å²) in [5, 5.41) is 5.98. The van der Waals surface area contributed by atoms with Crippen LogP contribution in [-0.4, -0.2) is 29.5 Å². The fourth-order valence-electron chi connectivity index (χ4n) is 2.15. The highest BCUT2D eigenvalue weighted by atomic mass is 35.5. The van der Waals surface area contributed by atoms with E-state index in [9.17, 15) is 4.79 Å². The van der Waals surface area contributed by atoms with Gasteiger partial charge in [-0.05, 0) is 19.0 Å². The van der Waals surface area contributed by atoms with E-state index in [-0.39, 0.29) is 24.4 Å². The number of hydrogen-bond acceptors (Lipinski definition) is 3. The molecule has 0 aliphatic carbocycles. The minimum absolute atomic E-state index is 0. The lowest BCUT2D eigenvalue weighted by Gasteiger charge is -2.14. The third-order valence-corrected chi connectivity index (χ3v) is 3.36. The van der Waals surface area contributed by atoms with Crippen LogP contribution in [0.15, 0.2) is 36.5 Å². The van der Waals surface area contributed by atoms with E-state index in [4.69, 9.17) is 0 Å². The minimum Gasteiger partial charge on any atom is -0.346 e. The minimum atomic E-state index is -0.0770. The summed E-state index contributed by atoms with van der Waals surface area (Å²) >= 11 is 0. The fraction of sp³-hybridized carbons (Fsp3) is 0.375. The molecule has 2 aromatic rings. The summed E-state index contributed by atoms with van der Waals surface area (Å²) in [4.78, 5) is 19.5. The van der Waals surface area contributed by atoms with Gasteiger partial charge in [-0.3, -0.25) is 4.79 Å². The van der Waals surface area contributed by atoms with Gasteiger partial charge in [-0.15, -0.1) is 12.4 Å². The number of aromatic amines is 1. The molecule has 0 spiro atoms. The lowest BCUT2D eigenvalue weighted by atomic mass is 10.2. The number of amides is 1. The van der Waals surface area contributed by atoms with Crippen LogP contribution in [-0.2, 0) is 4.79 Å². The van der Waals surface area contributed by atoms with Gasteiger partial charge in [-0.2, -0.15) is 0 Å². The van der Waals surface area contributed by atoms with E-state index in [1.54, 1.807) is 0 Å². The second-order valence-electron chi connectivity index (χ2n) is 4.93. The maximum Gasteiger partial charge on any atom is 0.221 e. The van der Waals surface area contributed by atoms with E-state index in [1.165, 1.54) is 0 Å². The van der Waals surface area contributed by atoms with Crippen molar-refractivity contribution in [3.63, 3.8) is 0 Å². The molecule has 0 bridgehead atoms. The molecular weight excluding hydrogens is 300 g/mol. The molecule has 120 valence electrons. The Morgan fingerprint density at radius 2 is 2.05 bits per heavy atom. The summed E-state index contributed by atoms with van der Waals surface area (Å²) in [5.74, 6) is 0.836. The van der Waals surface area contributed by atoms with Gasteiger partial charge < -0.3 is 15.6 Å². The Kier molecular flexibility index (Phi) is 7.63. The van der Waals surface area contributed by atoms with Gasteiger partial charge >= 0.3 is 0 Å². The van der Waals surface area contributed by atoms with Crippen LogP contribution in [0, 0.1) is 0 Å². The summed E-state index contributed by atoms with van der Waals surface area (Å²) in [6, 6.07) is 9.96. The molecule has 5 nitrogen and oxygen atoms in total. The first kappa shape index (κ1) is 18.2. The molecule has 0 saturated heterocycles. The monoisotopic (exact) mass is 322 g/mol. The van der Waals surface area contributed by atoms with E-state index in [2.05, 4.69) is 20.6 Å². The highest BCUT2D eigenvalue weighted by Gasteiger charge is 2.16. The van der Waals surface area contributed by atoms with Crippen molar-refractivity contribution in [1.82, 2.24) is 20.6 Å². The molecule has 0 aliphatic rings. The van der Waals surface area contributed by atoms with Crippen LogP contribution in [0.2, 0.25) is 0 Å². The number of benzene rings is 1. The molecule has 1 aromatic heterocycles. The van der Waals surface area contributed by atoms with Gasteiger partial charge in [0.15, 0.2) is 0 Å². The predicted octanol–water partition coefficient (Wildman–Crippen LogP) is 2.68. The molecule has 1 heterocycles. The van der Waals surface area contributed by atoms with Gasteiger partial charge in [-0.25, -0.2) is 4.98 Å². The van der Waals surface area contributed by atoms with Gasteiger partial charge in [0, 0.05) is 13.0 Å². The molecule has 0 aliphatic heterocycles. The van der Waals surface area contributed by atoms with Crippen molar-refractivity contribution >= 4 is 18.3 Å². The lowest BCUT2D eigenvalue weighted by molar-refractivity contribution is -0.121. The number of nitrogens with zero attached hydrogens (tertiary/aromatic N) is 1. The van der Waals surface area contributed by atoms with Gasteiger partial charge in [0.05, 0.1) is 17.9 Å². The number of imidazole rings is 1. The van der Waals surface area contributed by atoms with Crippen molar-refractivity contribution in [2.75, 3.05) is 13.6 Å². The van der Waals surface area contributed by atoms with E-state index in [1.807, 2.05) is 50.5 Å². The van der Waals surface area contributed by atoms with Gasteiger partial charge in [0.1, 0.15) is 5.82 Å². The molecule has 6 heteroatoms. The number of carbonyl (C=O) groups excluding carboxylic acids is 1. The van der Waals surface area contributed by atoms with Gasteiger partial charge in [0.2, 0.25) is 5.91 Å². The lowest BCUT2D eigenvalue weighted by Crippen LogP contribution is -2.30. The molecule has 1 aromatic carbocycles. The Balaban J connectivity index is 0.00000242. The summed E-state index contributed by atoms with van der Waals surface area (Å²) in [7, 11) is 1.84. The number of hydrogen-bond donors (Lipinski definition) is 3. The van der Waals surface area contributed by atoms with Crippen LogP contribution in [0.5, 0.6) is 0 Å². The molecule has 0 saturated carbocycles. The maximum absolute atomic E-state index is 11.8. The molecule has 2 rings (SSSR count). The second kappa shape index (κ2) is 9.23.